The van der Waals surface area contributed by atoms with Gasteiger partial charge in [0, 0.05) is 36.4 Å². The number of carbonyl (C=O) groups excluding carboxylic acids is 2. The second kappa shape index (κ2) is 8.15. The van der Waals surface area contributed by atoms with E-state index >= 15 is 0 Å². The quantitative estimate of drug-likeness (QED) is 0.609. The molecule has 0 spiro atoms. The maximum Gasteiger partial charge on any atom is 0.197 e. The highest BCUT2D eigenvalue weighted by Crippen LogP contribution is 2.31. The van der Waals surface area contributed by atoms with Crippen molar-refractivity contribution in [2.75, 3.05) is 41.3 Å². The zero-order valence-corrected chi connectivity index (χ0v) is 16.7. The van der Waals surface area contributed by atoms with Crippen LogP contribution in [0.2, 0.25) is 0 Å². The van der Waals surface area contributed by atoms with Gasteiger partial charge in [0.2, 0.25) is 0 Å². The van der Waals surface area contributed by atoms with Crippen LogP contribution in [0.15, 0.2) is 24.7 Å². The number of hydrogen-bond donors (Lipinski definition) is 0. The van der Waals surface area contributed by atoms with Gasteiger partial charge in [0.05, 0.1) is 16.7 Å². The van der Waals surface area contributed by atoms with Crippen molar-refractivity contribution in [3.05, 3.63) is 52.6 Å². The van der Waals surface area contributed by atoms with Crippen LogP contribution in [-0.2, 0) is 13.0 Å². The smallest absolute Gasteiger partial charge is 0.197 e. The summed E-state index contributed by atoms with van der Waals surface area (Å²) in [5.74, 6) is -0.138. The summed E-state index contributed by atoms with van der Waals surface area (Å²) in [6.07, 6.45) is 7.67. The fraction of sp³-hybridized carbons (Fsp3) is 0.476. The Morgan fingerprint density at radius 2 is 1.63 bits per heavy atom. The molecule has 2 aromatic heterocycles. The van der Waals surface area contributed by atoms with Crippen molar-refractivity contribution < 1.29 is 9.59 Å². The van der Waals surface area contributed by atoms with Gasteiger partial charge in [-0.15, -0.1) is 0 Å². The molecular weight excluding hydrogens is 340 g/mol. The molecule has 0 saturated carbocycles. The summed E-state index contributed by atoms with van der Waals surface area (Å²) < 4.78 is 2.12. The molecule has 0 N–H and O–H groups in total. The van der Waals surface area contributed by atoms with Crippen LogP contribution in [0.25, 0.3) is 0 Å². The molecular formula is C21H28N4O2. The number of rotatable bonds is 8. The van der Waals surface area contributed by atoms with E-state index in [0.717, 1.165) is 44.6 Å². The number of fused-ring (bicyclic) bond motifs is 2. The van der Waals surface area contributed by atoms with Gasteiger partial charge in [-0.05, 0) is 66.6 Å². The predicted molar refractivity (Wildman–Crippen MR) is 106 cm³/mol. The molecule has 0 unspecified atom stereocenters. The minimum absolute atomic E-state index is 0.0480. The van der Waals surface area contributed by atoms with Gasteiger partial charge in [-0.25, -0.2) is 0 Å². The first kappa shape index (κ1) is 19.5. The first-order valence-corrected chi connectivity index (χ1v) is 9.45. The number of ketones is 2. The molecule has 2 aromatic rings. The van der Waals surface area contributed by atoms with E-state index in [1.807, 2.05) is 20.3 Å². The largest absolute Gasteiger partial charge is 0.350 e. The molecule has 3 rings (SSSR count). The van der Waals surface area contributed by atoms with Crippen LogP contribution >= 0.6 is 0 Å². The third-order valence-electron chi connectivity index (χ3n) is 4.99. The third kappa shape index (κ3) is 4.01. The number of pyridine rings is 1. The molecule has 0 aromatic carbocycles. The topological polar surface area (TPSA) is 58.4 Å². The number of aryl methyl sites for hydroxylation is 1. The maximum atomic E-state index is 13.2. The molecule has 1 aliphatic carbocycles. The van der Waals surface area contributed by atoms with Gasteiger partial charge >= 0.3 is 0 Å². The Bertz CT molecular complexity index is 852. The summed E-state index contributed by atoms with van der Waals surface area (Å²) in [5, 5.41) is 0. The van der Waals surface area contributed by atoms with E-state index in [2.05, 4.69) is 33.4 Å². The van der Waals surface area contributed by atoms with Crippen molar-refractivity contribution >= 4 is 11.6 Å². The SMILES string of the molecule is CN(C)CCCc1c2c(cn1CCCN(C)C)C(=O)c1cnccc1C2=O. The monoisotopic (exact) mass is 368 g/mol. The lowest BCUT2D eigenvalue weighted by Gasteiger charge is -2.17. The van der Waals surface area contributed by atoms with Crippen LogP contribution in [0.3, 0.4) is 0 Å². The van der Waals surface area contributed by atoms with E-state index in [9.17, 15) is 9.59 Å². The highest BCUT2D eigenvalue weighted by Gasteiger charge is 2.34. The molecule has 144 valence electrons. The first-order valence-electron chi connectivity index (χ1n) is 9.45. The molecule has 0 radical (unpaired) electrons. The lowest BCUT2D eigenvalue weighted by molar-refractivity contribution is 0.0979. The van der Waals surface area contributed by atoms with Crippen LogP contribution in [-0.4, -0.2) is 72.2 Å². The molecule has 6 nitrogen and oxygen atoms in total. The van der Waals surface area contributed by atoms with E-state index < -0.39 is 0 Å². The Morgan fingerprint density at radius 3 is 2.33 bits per heavy atom. The van der Waals surface area contributed by atoms with Crippen LogP contribution in [0.5, 0.6) is 0 Å². The zero-order valence-electron chi connectivity index (χ0n) is 16.7. The molecule has 0 amide bonds. The molecule has 27 heavy (non-hydrogen) atoms. The number of carbonyl (C=O) groups is 2. The highest BCUT2D eigenvalue weighted by atomic mass is 16.1. The van der Waals surface area contributed by atoms with Crippen LogP contribution < -0.4 is 0 Å². The van der Waals surface area contributed by atoms with Crippen molar-refractivity contribution in [1.29, 1.82) is 0 Å². The second-order valence-electron chi connectivity index (χ2n) is 7.70. The molecule has 0 aliphatic heterocycles. The van der Waals surface area contributed by atoms with E-state index in [4.69, 9.17) is 0 Å². The summed E-state index contributed by atoms with van der Waals surface area (Å²) in [5.41, 5.74) is 3.02. The molecule has 0 saturated heterocycles. The van der Waals surface area contributed by atoms with Gasteiger partial charge in [-0.3, -0.25) is 14.6 Å². The summed E-state index contributed by atoms with van der Waals surface area (Å²) in [6, 6.07) is 1.66. The fourth-order valence-corrected chi connectivity index (χ4v) is 3.66. The van der Waals surface area contributed by atoms with Crippen molar-refractivity contribution in [2.24, 2.45) is 0 Å². The van der Waals surface area contributed by atoms with Crippen molar-refractivity contribution in [3.63, 3.8) is 0 Å². The minimum atomic E-state index is -0.0899. The van der Waals surface area contributed by atoms with Crippen molar-refractivity contribution in [3.8, 4) is 0 Å². The van der Waals surface area contributed by atoms with Crippen LogP contribution in [0, 0.1) is 0 Å². The van der Waals surface area contributed by atoms with Gasteiger partial charge in [0.1, 0.15) is 0 Å². The Labute approximate surface area is 160 Å². The summed E-state index contributed by atoms with van der Waals surface area (Å²) in [6.45, 7) is 2.71. The zero-order chi connectivity index (χ0) is 19.6. The number of hydrogen-bond acceptors (Lipinski definition) is 5. The van der Waals surface area contributed by atoms with Crippen LogP contribution in [0.4, 0.5) is 0 Å². The Hall–Kier alpha value is -2.31. The number of nitrogens with zero attached hydrogens (tertiary/aromatic N) is 4. The predicted octanol–water partition coefficient (Wildman–Crippen LogP) is 2.10. The van der Waals surface area contributed by atoms with E-state index in [1.54, 1.807) is 12.3 Å². The summed E-state index contributed by atoms with van der Waals surface area (Å²) in [4.78, 5) is 34.4. The van der Waals surface area contributed by atoms with Gasteiger partial charge in [0.25, 0.3) is 0 Å². The molecule has 2 heterocycles. The normalized spacial score (nSPS) is 13.4. The minimum Gasteiger partial charge on any atom is -0.350 e. The van der Waals surface area contributed by atoms with Crippen LogP contribution in [0.1, 0.15) is 50.4 Å². The van der Waals surface area contributed by atoms with E-state index in [1.165, 1.54) is 6.20 Å². The molecule has 6 heteroatoms. The third-order valence-corrected chi connectivity index (χ3v) is 4.99. The lowest BCUT2D eigenvalue weighted by Crippen LogP contribution is -2.21. The fourth-order valence-electron chi connectivity index (χ4n) is 3.66. The molecule has 0 atom stereocenters. The van der Waals surface area contributed by atoms with E-state index in [0.29, 0.717) is 22.3 Å². The second-order valence-corrected chi connectivity index (χ2v) is 7.70. The first-order chi connectivity index (χ1) is 12.9. The molecule has 1 aliphatic rings. The van der Waals surface area contributed by atoms with E-state index in [-0.39, 0.29) is 11.6 Å². The van der Waals surface area contributed by atoms with Gasteiger partial charge in [0.15, 0.2) is 11.6 Å². The Balaban J connectivity index is 1.97. The van der Waals surface area contributed by atoms with Crippen molar-refractivity contribution in [1.82, 2.24) is 19.4 Å². The molecule has 0 fully saturated rings. The average molecular weight is 368 g/mol. The Morgan fingerprint density at radius 1 is 0.926 bits per heavy atom. The Kier molecular flexibility index (Phi) is 5.87. The standard InChI is InChI=1S/C21H28N4O2/c1-23(2)10-5-7-18-19-17(14-25(18)12-6-11-24(3)4)20(26)16-13-22-9-8-15(16)21(19)27/h8-9,13-14H,5-7,10-12H2,1-4H3. The average Bonchev–Trinajstić information content (AvgIpc) is 2.98. The van der Waals surface area contributed by atoms with Gasteiger partial charge in [-0.2, -0.15) is 0 Å². The number of aromatic nitrogens is 2. The van der Waals surface area contributed by atoms with Crippen molar-refractivity contribution in [2.45, 2.75) is 25.8 Å². The maximum absolute atomic E-state index is 13.2. The van der Waals surface area contributed by atoms with Gasteiger partial charge < -0.3 is 14.4 Å². The highest BCUT2D eigenvalue weighted by molar-refractivity contribution is 6.28. The molecule has 0 bridgehead atoms. The lowest BCUT2D eigenvalue weighted by atomic mass is 9.86. The summed E-state index contributed by atoms with van der Waals surface area (Å²) in [7, 11) is 8.19. The summed E-state index contributed by atoms with van der Waals surface area (Å²) >= 11 is 0. The van der Waals surface area contributed by atoms with Gasteiger partial charge in [-0.1, -0.05) is 0 Å².